The predicted molar refractivity (Wildman–Crippen MR) is 65.3 cm³/mol. The zero-order valence-electron chi connectivity index (χ0n) is 9.24. The molecule has 0 bridgehead atoms. The van der Waals surface area contributed by atoms with Gasteiger partial charge in [0, 0.05) is 17.7 Å². The van der Waals surface area contributed by atoms with E-state index in [0.717, 1.165) is 18.9 Å². The van der Waals surface area contributed by atoms with Gasteiger partial charge in [-0.05, 0) is 19.4 Å². The van der Waals surface area contributed by atoms with Crippen LogP contribution in [0.5, 0.6) is 0 Å². The molecule has 0 saturated heterocycles. The Labute approximate surface area is 95.9 Å². The van der Waals surface area contributed by atoms with Gasteiger partial charge in [0.05, 0.1) is 10.7 Å². The first-order valence-corrected chi connectivity index (χ1v) is 6.92. The van der Waals surface area contributed by atoms with Crippen LogP contribution in [0.3, 0.4) is 0 Å². The van der Waals surface area contributed by atoms with Crippen LogP contribution in [0.4, 0.5) is 0 Å². The molecular formula is C12H20N2S. The number of nitrogens with zero attached hydrogens (tertiary/aromatic N) is 1. The molecule has 0 aromatic carbocycles. The van der Waals surface area contributed by atoms with E-state index in [0.29, 0.717) is 0 Å². The minimum absolute atomic E-state index is 0.720. The van der Waals surface area contributed by atoms with Crippen LogP contribution in [0.1, 0.15) is 55.1 Å². The molecule has 0 amide bonds. The van der Waals surface area contributed by atoms with Crippen LogP contribution in [0.15, 0.2) is 5.38 Å². The van der Waals surface area contributed by atoms with Gasteiger partial charge in [0.15, 0.2) is 0 Å². The van der Waals surface area contributed by atoms with Crippen LogP contribution >= 0.6 is 11.3 Å². The Balaban J connectivity index is 2.00. The number of thiazole rings is 1. The van der Waals surface area contributed by atoms with Gasteiger partial charge >= 0.3 is 0 Å². The topological polar surface area (TPSA) is 38.9 Å². The van der Waals surface area contributed by atoms with Crippen LogP contribution in [-0.4, -0.2) is 11.5 Å². The summed E-state index contributed by atoms with van der Waals surface area (Å²) in [6, 6.07) is 0. The van der Waals surface area contributed by atoms with Crippen LogP contribution in [-0.2, 0) is 6.42 Å². The number of hydrogen-bond donors (Lipinski definition) is 1. The lowest BCUT2D eigenvalue weighted by molar-refractivity contribution is 0.579. The molecule has 0 unspecified atom stereocenters. The van der Waals surface area contributed by atoms with E-state index in [2.05, 4.69) is 5.38 Å². The molecule has 0 atom stereocenters. The van der Waals surface area contributed by atoms with Gasteiger partial charge in [-0.25, -0.2) is 4.98 Å². The van der Waals surface area contributed by atoms with Gasteiger partial charge in [-0.3, -0.25) is 0 Å². The van der Waals surface area contributed by atoms with Crippen molar-refractivity contribution in [2.24, 2.45) is 5.73 Å². The van der Waals surface area contributed by atoms with E-state index < -0.39 is 0 Å². The van der Waals surface area contributed by atoms with Gasteiger partial charge < -0.3 is 5.73 Å². The first-order chi connectivity index (χ1) is 7.40. The average molecular weight is 224 g/mol. The van der Waals surface area contributed by atoms with E-state index in [1.807, 2.05) is 0 Å². The lowest BCUT2D eigenvalue weighted by Gasteiger charge is -2.10. The maximum Gasteiger partial charge on any atom is 0.0940 e. The molecule has 3 heteroatoms. The van der Waals surface area contributed by atoms with Crippen molar-refractivity contribution < 1.29 is 0 Å². The third-order valence-electron chi connectivity index (χ3n) is 3.20. The van der Waals surface area contributed by atoms with Crippen LogP contribution in [0, 0.1) is 0 Å². The van der Waals surface area contributed by atoms with Crippen LogP contribution in [0.25, 0.3) is 0 Å². The number of aromatic nitrogens is 1. The Hall–Kier alpha value is -0.410. The van der Waals surface area contributed by atoms with Crippen molar-refractivity contribution in [2.75, 3.05) is 6.54 Å². The molecule has 84 valence electrons. The number of hydrogen-bond acceptors (Lipinski definition) is 3. The van der Waals surface area contributed by atoms with E-state index in [1.54, 1.807) is 11.3 Å². The number of nitrogens with two attached hydrogens (primary N) is 1. The molecule has 1 aromatic rings. The van der Waals surface area contributed by atoms with Gasteiger partial charge in [-0.1, -0.05) is 25.7 Å². The lowest BCUT2D eigenvalue weighted by atomic mass is 9.98. The molecule has 1 saturated carbocycles. The molecule has 1 aromatic heterocycles. The molecule has 2 N–H and O–H groups in total. The highest BCUT2D eigenvalue weighted by atomic mass is 32.1. The summed E-state index contributed by atoms with van der Waals surface area (Å²) in [4.78, 5) is 4.70. The highest BCUT2D eigenvalue weighted by Crippen LogP contribution is 2.32. The van der Waals surface area contributed by atoms with E-state index in [4.69, 9.17) is 10.7 Å². The molecule has 1 fully saturated rings. The molecule has 2 nitrogen and oxygen atoms in total. The van der Waals surface area contributed by atoms with E-state index in [1.165, 1.54) is 49.2 Å². The summed E-state index contributed by atoms with van der Waals surface area (Å²) < 4.78 is 0. The zero-order chi connectivity index (χ0) is 10.5. The van der Waals surface area contributed by atoms with Crippen molar-refractivity contribution in [3.63, 3.8) is 0 Å². The Kier molecular flexibility index (Phi) is 4.15. The predicted octanol–water partition coefficient (Wildman–Crippen LogP) is 3.08. The van der Waals surface area contributed by atoms with Crippen molar-refractivity contribution in [1.82, 2.24) is 4.98 Å². The maximum atomic E-state index is 5.54. The van der Waals surface area contributed by atoms with Crippen LogP contribution in [0.2, 0.25) is 0 Å². The molecule has 0 spiro atoms. The molecule has 2 rings (SSSR count). The highest BCUT2D eigenvalue weighted by Gasteiger charge is 2.16. The van der Waals surface area contributed by atoms with E-state index in [9.17, 15) is 0 Å². The summed E-state index contributed by atoms with van der Waals surface area (Å²) in [7, 11) is 0. The third kappa shape index (κ3) is 3.02. The standard InChI is InChI=1S/C12H20N2S/c13-8-7-12-14-11(9-15-12)10-5-3-1-2-4-6-10/h9-10H,1-8,13H2. The number of rotatable bonds is 3. The minimum Gasteiger partial charge on any atom is -0.330 e. The molecule has 1 heterocycles. The Morgan fingerprint density at radius 1 is 1.27 bits per heavy atom. The van der Waals surface area contributed by atoms with Crippen molar-refractivity contribution in [3.8, 4) is 0 Å². The molecule has 1 aliphatic rings. The minimum atomic E-state index is 0.720. The Morgan fingerprint density at radius 3 is 2.67 bits per heavy atom. The summed E-state index contributed by atoms with van der Waals surface area (Å²) in [5.74, 6) is 0.732. The second-order valence-electron chi connectivity index (χ2n) is 4.39. The maximum absolute atomic E-state index is 5.54. The molecular weight excluding hydrogens is 204 g/mol. The normalized spacial score (nSPS) is 19.0. The van der Waals surface area contributed by atoms with Crippen molar-refractivity contribution in [1.29, 1.82) is 0 Å². The van der Waals surface area contributed by atoms with Crippen molar-refractivity contribution >= 4 is 11.3 Å². The first-order valence-electron chi connectivity index (χ1n) is 6.04. The zero-order valence-corrected chi connectivity index (χ0v) is 10.1. The monoisotopic (exact) mass is 224 g/mol. The smallest absolute Gasteiger partial charge is 0.0940 e. The van der Waals surface area contributed by atoms with Gasteiger partial charge in [0.2, 0.25) is 0 Å². The second kappa shape index (κ2) is 5.61. The largest absolute Gasteiger partial charge is 0.330 e. The lowest BCUT2D eigenvalue weighted by Crippen LogP contribution is -2.03. The molecule has 15 heavy (non-hydrogen) atoms. The summed E-state index contributed by atoms with van der Waals surface area (Å²) in [6.07, 6.45) is 9.21. The van der Waals surface area contributed by atoms with Gasteiger partial charge in [0.1, 0.15) is 0 Å². The summed E-state index contributed by atoms with van der Waals surface area (Å²) >= 11 is 1.78. The Bertz CT molecular complexity index is 288. The highest BCUT2D eigenvalue weighted by molar-refractivity contribution is 7.09. The molecule has 0 radical (unpaired) electrons. The quantitative estimate of drug-likeness (QED) is 0.801. The Morgan fingerprint density at radius 2 is 2.00 bits per heavy atom. The molecule has 0 aliphatic heterocycles. The van der Waals surface area contributed by atoms with Gasteiger partial charge in [-0.2, -0.15) is 0 Å². The van der Waals surface area contributed by atoms with E-state index >= 15 is 0 Å². The summed E-state index contributed by atoms with van der Waals surface area (Å²) in [5, 5.41) is 3.47. The van der Waals surface area contributed by atoms with Crippen LogP contribution < -0.4 is 5.73 Å². The van der Waals surface area contributed by atoms with Crippen molar-refractivity contribution in [3.05, 3.63) is 16.1 Å². The summed E-state index contributed by atoms with van der Waals surface area (Å²) in [6.45, 7) is 0.720. The van der Waals surface area contributed by atoms with Crippen molar-refractivity contribution in [2.45, 2.75) is 50.9 Å². The third-order valence-corrected chi connectivity index (χ3v) is 4.13. The second-order valence-corrected chi connectivity index (χ2v) is 5.34. The first kappa shape index (κ1) is 11.1. The fourth-order valence-corrected chi connectivity index (χ4v) is 3.22. The summed E-state index contributed by atoms with van der Waals surface area (Å²) in [5.41, 5.74) is 6.88. The van der Waals surface area contributed by atoms with Gasteiger partial charge in [0.25, 0.3) is 0 Å². The SMILES string of the molecule is NCCc1nc(C2CCCCCC2)cs1. The molecule has 1 aliphatic carbocycles. The van der Waals surface area contributed by atoms with E-state index in [-0.39, 0.29) is 0 Å². The average Bonchev–Trinajstić information content (AvgIpc) is 2.53. The fraction of sp³-hybridized carbons (Fsp3) is 0.750. The van der Waals surface area contributed by atoms with Gasteiger partial charge in [-0.15, -0.1) is 11.3 Å². The fourth-order valence-electron chi connectivity index (χ4n) is 2.33.